The summed E-state index contributed by atoms with van der Waals surface area (Å²) >= 11 is 0. The van der Waals surface area contributed by atoms with Crippen molar-refractivity contribution in [1.29, 1.82) is 0 Å². The van der Waals surface area contributed by atoms with Crippen LogP contribution in [0, 0.1) is 6.92 Å². The van der Waals surface area contributed by atoms with Crippen molar-refractivity contribution in [3.05, 3.63) is 41.9 Å². The van der Waals surface area contributed by atoms with Gasteiger partial charge >= 0.3 is 5.97 Å². The lowest BCUT2D eigenvalue weighted by Crippen LogP contribution is -2.06. The molecule has 0 aliphatic rings. The van der Waals surface area contributed by atoms with Gasteiger partial charge in [0, 0.05) is 5.56 Å². The number of rotatable bonds is 3. The molecule has 1 heterocycles. The molecule has 0 atom stereocenters. The molecular weight excluding hydrogens is 218 g/mol. The van der Waals surface area contributed by atoms with Gasteiger partial charge in [-0.25, -0.2) is 9.78 Å². The fourth-order valence-electron chi connectivity index (χ4n) is 1.58. The van der Waals surface area contributed by atoms with Crippen LogP contribution in [-0.2, 0) is 4.74 Å². The van der Waals surface area contributed by atoms with Gasteiger partial charge < -0.3 is 9.15 Å². The highest BCUT2D eigenvalue weighted by atomic mass is 16.5. The maximum Gasteiger partial charge on any atom is 0.360 e. The first kappa shape index (κ1) is 11.4. The topological polar surface area (TPSA) is 52.3 Å². The number of benzene rings is 1. The fraction of sp³-hybridized carbons (Fsp3) is 0.231. The monoisotopic (exact) mass is 231 g/mol. The summed E-state index contributed by atoms with van der Waals surface area (Å²) in [6.45, 7) is 4.05. The number of nitrogens with zero attached hydrogens (tertiary/aromatic N) is 1. The summed E-state index contributed by atoms with van der Waals surface area (Å²) in [6, 6.07) is 7.69. The van der Waals surface area contributed by atoms with Crippen LogP contribution < -0.4 is 0 Å². The van der Waals surface area contributed by atoms with E-state index >= 15 is 0 Å². The lowest BCUT2D eigenvalue weighted by Gasteiger charge is -2.02. The molecule has 1 aromatic carbocycles. The minimum atomic E-state index is -0.460. The van der Waals surface area contributed by atoms with Crippen LogP contribution in [0.5, 0.6) is 0 Å². The zero-order valence-electron chi connectivity index (χ0n) is 9.77. The van der Waals surface area contributed by atoms with Gasteiger partial charge in [-0.2, -0.15) is 0 Å². The van der Waals surface area contributed by atoms with Gasteiger partial charge in [-0.1, -0.05) is 23.8 Å². The van der Waals surface area contributed by atoms with Crippen molar-refractivity contribution in [1.82, 2.24) is 4.98 Å². The van der Waals surface area contributed by atoms with E-state index in [0.717, 1.165) is 11.1 Å². The lowest BCUT2D eigenvalue weighted by atomic mass is 10.1. The molecule has 0 spiro atoms. The normalized spacial score (nSPS) is 10.2. The molecule has 88 valence electrons. The maximum absolute atomic E-state index is 11.6. The number of hydrogen-bond donors (Lipinski definition) is 0. The van der Waals surface area contributed by atoms with Crippen molar-refractivity contribution in [2.24, 2.45) is 0 Å². The van der Waals surface area contributed by atoms with Gasteiger partial charge in [0.25, 0.3) is 0 Å². The van der Waals surface area contributed by atoms with Gasteiger partial charge in [-0.15, -0.1) is 0 Å². The summed E-state index contributed by atoms with van der Waals surface area (Å²) in [4.78, 5) is 15.5. The van der Waals surface area contributed by atoms with Crippen LogP contribution in [0.25, 0.3) is 11.3 Å². The average molecular weight is 231 g/mol. The zero-order valence-corrected chi connectivity index (χ0v) is 9.77. The van der Waals surface area contributed by atoms with Crippen molar-refractivity contribution in [3.63, 3.8) is 0 Å². The highest BCUT2D eigenvalue weighted by Gasteiger charge is 2.19. The number of esters is 1. The molecule has 0 saturated carbocycles. The smallest absolute Gasteiger partial charge is 0.360 e. The van der Waals surface area contributed by atoms with E-state index in [-0.39, 0.29) is 5.69 Å². The van der Waals surface area contributed by atoms with E-state index in [1.165, 1.54) is 6.39 Å². The van der Waals surface area contributed by atoms with E-state index in [1.807, 2.05) is 31.2 Å². The third-order valence-electron chi connectivity index (χ3n) is 2.32. The zero-order chi connectivity index (χ0) is 12.3. The van der Waals surface area contributed by atoms with E-state index in [0.29, 0.717) is 12.4 Å². The number of oxazole rings is 1. The molecule has 0 fully saturated rings. The van der Waals surface area contributed by atoms with Gasteiger partial charge in [0.2, 0.25) is 0 Å². The molecule has 2 rings (SSSR count). The minimum absolute atomic E-state index is 0.220. The number of hydrogen-bond acceptors (Lipinski definition) is 4. The molecule has 0 radical (unpaired) electrons. The molecule has 0 N–H and O–H groups in total. The molecule has 4 nitrogen and oxygen atoms in total. The predicted molar refractivity (Wildman–Crippen MR) is 62.6 cm³/mol. The SMILES string of the molecule is CCOC(=O)c1ncoc1-c1cccc(C)c1. The summed E-state index contributed by atoms with van der Waals surface area (Å²) in [5.74, 6) is -0.00935. The fourth-order valence-corrected chi connectivity index (χ4v) is 1.58. The highest BCUT2D eigenvalue weighted by Crippen LogP contribution is 2.24. The number of carbonyl (C=O) groups excluding carboxylic acids is 1. The van der Waals surface area contributed by atoms with Gasteiger partial charge in [-0.3, -0.25) is 0 Å². The second-order valence-corrected chi connectivity index (χ2v) is 3.62. The molecule has 1 aromatic heterocycles. The summed E-state index contributed by atoms with van der Waals surface area (Å²) in [5, 5.41) is 0. The van der Waals surface area contributed by atoms with E-state index in [9.17, 15) is 4.79 Å². The van der Waals surface area contributed by atoms with Crippen LogP contribution in [0.15, 0.2) is 35.1 Å². The Balaban J connectivity index is 2.40. The van der Waals surface area contributed by atoms with E-state index < -0.39 is 5.97 Å². The number of carbonyl (C=O) groups is 1. The molecule has 17 heavy (non-hydrogen) atoms. The lowest BCUT2D eigenvalue weighted by molar-refractivity contribution is 0.0520. The Kier molecular flexibility index (Phi) is 3.23. The van der Waals surface area contributed by atoms with E-state index in [1.54, 1.807) is 6.92 Å². The largest absolute Gasteiger partial charge is 0.461 e. The predicted octanol–water partition coefficient (Wildman–Crippen LogP) is 2.83. The first-order chi connectivity index (χ1) is 8.22. The molecule has 0 amide bonds. The van der Waals surface area contributed by atoms with Crippen molar-refractivity contribution in [2.45, 2.75) is 13.8 Å². The van der Waals surface area contributed by atoms with Crippen molar-refractivity contribution in [2.75, 3.05) is 6.61 Å². The first-order valence-corrected chi connectivity index (χ1v) is 5.40. The van der Waals surface area contributed by atoms with E-state index in [2.05, 4.69) is 4.98 Å². The van der Waals surface area contributed by atoms with Gasteiger partial charge in [-0.05, 0) is 19.9 Å². The molecule has 0 aliphatic carbocycles. The first-order valence-electron chi connectivity index (χ1n) is 5.40. The Labute approximate surface area is 99.2 Å². The standard InChI is InChI=1S/C13H13NO3/c1-3-16-13(15)11-12(17-8-14-11)10-6-4-5-9(2)7-10/h4-8H,3H2,1-2H3. The van der Waals surface area contributed by atoms with E-state index in [4.69, 9.17) is 9.15 Å². The van der Waals surface area contributed by atoms with Gasteiger partial charge in [0.1, 0.15) is 0 Å². The molecule has 0 unspecified atom stereocenters. The third-order valence-corrected chi connectivity index (χ3v) is 2.32. The molecule has 4 heteroatoms. The summed E-state index contributed by atoms with van der Waals surface area (Å²) < 4.78 is 10.2. The van der Waals surface area contributed by atoms with Crippen LogP contribution in [-0.4, -0.2) is 17.6 Å². The second-order valence-electron chi connectivity index (χ2n) is 3.62. The third kappa shape index (κ3) is 2.36. The average Bonchev–Trinajstić information content (AvgIpc) is 2.78. The van der Waals surface area contributed by atoms with Crippen molar-refractivity contribution in [3.8, 4) is 11.3 Å². The molecule has 0 bridgehead atoms. The number of aryl methyl sites for hydroxylation is 1. The number of aromatic nitrogens is 1. The Bertz CT molecular complexity index is 531. The Morgan fingerprint density at radius 1 is 1.47 bits per heavy atom. The Hall–Kier alpha value is -2.10. The molecule has 0 aliphatic heterocycles. The van der Waals surface area contributed by atoms with Crippen molar-refractivity contribution < 1.29 is 13.9 Å². The van der Waals surface area contributed by atoms with Crippen molar-refractivity contribution >= 4 is 5.97 Å². The molecule has 0 saturated heterocycles. The quantitative estimate of drug-likeness (QED) is 0.762. The van der Waals surface area contributed by atoms with Crippen LogP contribution >= 0.6 is 0 Å². The molecular formula is C13H13NO3. The highest BCUT2D eigenvalue weighted by molar-refractivity contribution is 5.93. The van der Waals surface area contributed by atoms with Crippen LogP contribution in [0.3, 0.4) is 0 Å². The summed E-state index contributed by atoms with van der Waals surface area (Å²) in [7, 11) is 0. The van der Waals surface area contributed by atoms with Crippen LogP contribution in [0.4, 0.5) is 0 Å². The summed E-state index contributed by atoms with van der Waals surface area (Å²) in [5.41, 5.74) is 2.14. The summed E-state index contributed by atoms with van der Waals surface area (Å²) in [6.07, 6.45) is 1.25. The van der Waals surface area contributed by atoms with Crippen LogP contribution in [0.1, 0.15) is 23.0 Å². The minimum Gasteiger partial charge on any atom is -0.461 e. The van der Waals surface area contributed by atoms with Gasteiger partial charge in [0.15, 0.2) is 17.8 Å². The number of ether oxygens (including phenoxy) is 1. The Morgan fingerprint density at radius 2 is 2.29 bits per heavy atom. The van der Waals surface area contributed by atoms with Gasteiger partial charge in [0.05, 0.1) is 6.61 Å². The second kappa shape index (κ2) is 4.82. The van der Waals surface area contributed by atoms with Crippen LogP contribution in [0.2, 0.25) is 0 Å². The molecule has 2 aromatic rings. The Morgan fingerprint density at radius 3 is 3.00 bits per heavy atom. The maximum atomic E-state index is 11.6.